The zero-order valence-electron chi connectivity index (χ0n) is 11.1. The fraction of sp³-hybridized carbons (Fsp3) is 0.125. The van der Waals surface area contributed by atoms with Gasteiger partial charge in [-0.15, -0.1) is 0 Å². The summed E-state index contributed by atoms with van der Waals surface area (Å²) in [6.07, 6.45) is 4.43. The Morgan fingerprint density at radius 1 is 1.00 bits per heavy atom. The normalized spacial score (nSPS) is 10.6. The second-order valence-corrected chi connectivity index (χ2v) is 4.64. The molecule has 0 amide bonds. The number of nitrogens with one attached hydrogen (secondary N) is 1. The Bertz CT molecular complexity index is 719. The van der Waals surface area contributed by atoms with Gasteiger partial charge in [-0.25, -0.2) is 4.98 Å². The van der Waals surface area contributed by atoms with E-state index in [4.69, 9.17) is 5.73 Å². The van der Waals surface area contributed by atoms with Gasteiger partial charge in [0.15, 0.2) is 0 Å². The molecule has 2 heterocycles. The first-order valence-electron chi connectivity index (χ1n) is 6.61. The van der Waals surface area contributed by atoms with Crippen molar-refractivity contribution in [1.82, 2.24) is 9.97 Å². The van der Waals surface area contributed by atoms with Crippen molar-refractivity contribution in [2.45, 2.75) is 6.42 Å². The summed E-state index contributed by atoms with van der Waals surface area (Å²) in [5, 5.41) is 4.45. The van der Waals surface area contributed by atoms with Crippen molar-refractivity contribution < 1.29 is 0 Å². The maximum Gasteiger partial charge on any atom is 0.127 e. The minimum Gasteiger partial charge on any atom is -0.399 e. The highest BCUT2D eigenvalue weighted by atomic mass is 15.0. The molecule has 100 valence electrons. The van der Waals surface area contributed by atoms with Gasteiger partial charge in [-0.2, -0.15) is 0 Å². The number of nitrogens with two attached hydrogens (primary N) is 1. The van der Waals surface area contributed by atoms with E-state index < -0.39 is 0 Å². The summed E-state index contributed by atoms with van der Waals surface area (Å²) in [7, 11) is 0. The number of benzene rings is 1. The molecule has 4 nitrogen and oxygen atoms in total. The second kappa shape index (κ2) is 5.57. The zero-order chi connectivity index (χ0) is 13.8. The highest BCUT2D eigenvalue weighted by Crippen LogP contribution is 2.16. The molecule has 1 aromatic carbocycles. The van der Waals surface area contributed by atoms with Crippen LogP contribution in [0.15, 0.2) is 54.9 Å². The molecule has 0 aliphatic rings. The van der Waals surface area contributed by atoms with Crippen LogP contribution in [0.5, 0.6) is 0 Å². The molecular formula is C16H16N4. The first-order valence-corrected chi connectivity index (χ1v) is 6.61. The molecule has 0 unspecified atom stereocenters. The highest BCUT2D eigenvalue weighted by molar-refractivity contribution is 5.81. The molecule has 3 rings (SSSR count). The van der Waals surface area contributed by atoms with Gasteiger partial charge in [0.1, 0.15) is 5.82 Å². The molecule has 0 saturated carbocycles. The van der Waals surface area contributed by atoms with E-state index in [1.165, 1.54) is 10.9 Å². The topological polar surface area (TPSA) is 63.8 Å². The van der Waals surface area contributed by atoms with E-state index in [1.807, 2.05) is 18.3 Å². The van der Waals surface area contributed by atoms with Crippen molar-refractivity contribution in [3.63, 3.8) is 0 Å². The fourth-order valence-electron chi connectivity index (χ4n) is 2.24. The lowest BCUT2D eigenvalue weighted by molar-refractivity contribution is 1.01. The van der Waals surface area contributed by atoms with Crippen molar-refractivity contribution in [3.05, 3.63) is 60.4 Å². The predicted octanol–water partition coefficient (Wildman–Crippen LogP) is 2.87. The van der Waals surface area contributed by atoms with Gasteiger partial charge in [-0.3, -0.25) is 4.98 Å². The van der Waals surface area contributed by atoms with E-state index in [9.17, 15) is 0 Å². The average molecular weight is 264 g/mol. The average Bonchev–Trinajstić information content (AvgIpc) is 2.48. The Balaban J connectivity index is 1.71. The Morgan fingerprint density at radius 2 is 1.90 bits per heavy atom. The number of hydrogen-bond donors (Lipinski definition) is 2. The van der Waals surface area contributed by atoms with Crippen LogP contribution in [-0.4, -0.2) is 16.5 Å². The number of nitrogen functional groups attached to an aromatic ring is 1. The SMILES string of the molecule is Nc1ccnc(NCCc2cccc3cccnc23)c1. The number of fused-ring (bicyclic) bond motifs is 1. The minimum atomic E-state index is 0.717. The van der Waals surface area contributed by atoms with Gasteiger partial charge in [-0.05, 0) is 24.1 Å². The van der Waals surface area contributed by atoms with Gasteiger partial charge in [0, 0.05) is 36.1 Å². The molecule has 4 heteroatoms. The van der Waals surface area contributed by atoms with Crippen LogP contribution in [0.3, 0.4) is 0 Å². The largest absolute Gasteiger partial charge is 0.399 e. The summed E-state index contributed by atoms with van der Waals surface area (Å²) in [5.74, 6) is 0.804. The third-order valence-corrected chi connectivity index (χ3v) is 3.20. The molecule has 0 saturated heterocycles. The first kappa shape index (κ1) is 12.4. The molecular weight excluding hydrogens is 248 g/mol. The molecule has 20 heavy (non-hydrogen) atoms. The van der Waals surface area contributed by atoms with Gasteiger partial charge in [0.05, 0.1) is 5.52 Å². The number of nitrogens with zero attached hydrogens (tertiary/aromatic N) is 2. The molecule has 0 fully saturated rings. The van der Waals surface area contributed by atoms with Gasteiger partial charge in [-0.1, -0.05) is 24.3 Å². The Hall–Kier alpha value is -2.62. The number of rotatable bonds is 4. The molecule has 2 aromatic heterocycles. The smallest absolute Gasteiger partial charge is 0.127 e. The van der Waals surface area contributed by atoms with Crippen molar-refractivity contribution in [2.75, 3.05) is 17.6 Å². The van der Waals surface area contributed by atoms with Crippen LogP contribution in [0.2, 0.25) is 0 Å². The monoisotopic (exact) mass is 264 g/mol. The predicted molar refractivity (Wildman–Crippen MR) is 82.6 cm³/mol. The quantitative estimate of drug-likeness (QED) is 0.760. The van der Waals surface area contributed by atoms with Crippen LogP contribution < -0.4 is 11.1 Å². The second-order valence-electron chi connectivity index (χ2n) is 4.64. The number of hydrogen-bond acceptors (Lipinski definition) is 4. The van der Waals surface area contributed by atoms with Gasteiger partial charge >= 0.3 is 0 Å². The van der Waals surface area contributed by atoms with E-state index in [0.29, 0.717) is 5.69 Å². The minimum absolute atomic E-state index is 0.717. The van der Waals surface area contributed by atoms with E-state index in [0.717, 1.165) is 24.3 Å². The van der Waals surface area contributed by atoms with Crippen molar-refractivity contribution in [1.29, 1.82) is 0 Å². The lowest BCUT2D eigenvalue weighted by Gasteiger charge is -2.08. The van der Waals surface area contributed by atoms with Crippen LogP contribution in [-0.2, 0) is 6.42 Å². The summed E-state index contributed by atoms with van der Waals surface area (Å²) in [4.78, 5) is 8.68. The van der Waals surface area contributed by atoms with Gasteiger partial charge in [0.2, 0.25) is 0 Å². The molecule has 3 aromatic rings. The fourth-order valence-corrected chi connectivity index (χ4v) is 2.24. The first-order chi connectivity index (χ1) is 9.83. The van der Waals surface area contributed by atoms with Crippen molar-refractivity contribution >= 4 is 22.4 Å². The van der Waals surface area contributed by atoms with E-state index in [1.54, 1.807) is 12.3 Å². The molecule has 0 bridgehead atoms. The molecule has 0 spiro atoms. The summed E-state index contributed by atoms with van der Waals surface area (Å²) >= 11 is 0. The molecule has 0 atom stereocenters. The molecule has 0 radical (unpaired) electrons. The van der Waals surface area contributed by atoms with E-state index in [2.05, 4.69) is 39.6 Å². The summed E-state index contributed by atoms with van der Waals surface area (Å²) < 4.78 is 0. The number of aromatic nitrogens is 2. The molecule has 3 N–H and O–H groups in total. The lowest BCUT2D eigenvalue weighted by atomic mass is 10.1. The third kappa shape index (κ3) is 2.69. The number of pyridine rings is 2. The summed E-state index contributed by atoms with van der Waals surface area (Å²) in [6, 6.07) is 13.9. The standard InChI is InChI=1S/C16H16N4/c17-14-7-10-19-15(11-14)18-9-6-13-4-1-3-12-5-2-8-20-16(12)13/h1-5,7-8,10-11H,6,9H2,(H3,17,18,19). The van der Waals surface area contributed by atoms with Gasteiger partial charge < -0.3 is 11.1 Å². The third-order valence-electron chi connectivity index (χ3n) is 3.20. The van der Waals surface area contributed by atoms with E-state index >= 15 is 0 Å². The van der Waals surface area contributed by atoms with Crippen LogP contribution in [0.1, 0.15) is 5.56 Å². The van der Waals surface area contributed by atoms with Crippen molar-refractivity contribution in [3.8, 4) is 0 Å². The molecule has 0 aliphatic heterocycles. The molecule has 0 aliphatic carbocycles. The Labute approximate surface area is 117 Å². The maximum atomic E-state index is 5.73. The summed E-state index contributed by atoms with van der Waals surface area (Å²) in [6.45, 7) is 0.798. The Kier molecular flexibility index (Phi) is 3.46. The van der Waals surface area contributed by atoms with Crippen LogP contribution in [0, 0.1) is 0 Å². The highest BCUT2D eigenvalue weighted by Gasteiger charge is 2.01. The zero-order valence-corrected chi connectivity index (χ0v) is 11.1. The van der Waals surface area contributed by atoms with Crippen LogP contribution in [0.4, 0.5) is 11.5 Å². The number of para-hydroxylation sites is 1. The summed E-state index contributed by atoms with van der Waals surface area (Å²) in [5.41, 5.74) is 8.75. The van der Waals surface area contributed by atoms with Crippen LogP contribution in [0.25, 0.3) is 10.9 Å². The van der Waals surface area contributed by atoms with Crippen molar-refractivity contribution in [2.24, 2.45) is 0 Å². The number of anilines is 2. The maximum absolute atomic E-state index is 5.73. The van der Waals surface area contributed by atoms with Crippen LogP contribution >= 0.6 is 0 Å². The van der Waals surface area contributed by atoms with Gasteiger partial charge in [0.25, 0.3) is 0 Å². The van der Waals surface area contributed by atoms with E-state index in [-0.39, 0.29) is 0 Å². The Morgan fingerprint density at radius 3 is 2.80 bits per heavy atom. The lowest BCUT2D eigenvalue weighted by Crippen LogP contribution is -2.07.